The van der Waals surface area contributed by atoms with E-state index in [0.29, 0.717) is 6.54 Å². The second kappa shape index (κ2) is 6.99. The molecule has 0 saturated carbocycles. The standard InChI is InChI=1S/C14H21N5/c1-12(2)7-6-10-15-11-14-16-17-18-19(14)13-8-4-3-5-9-13/h3-5,8-9,12,15H,6-7,10-11H2,1-2H3. The molecule has 1 N–H and O–H groups in total. The number of nitrogens with zero attached hydrogens (tertiary/aromatic N) is 4. The van der Waals surface area contributed by atoms with Crippen molar-refractivity contribution in [2.45, 2.75) is 33.2 Å². The van der Waals surface area contributed by atoms with Crippen molar-refractivity contribution in [1.82, 2.24) is 25.5 Å². The minimum atomic E-state index is 0.694. The molecule has 0 radical (unpaired) electrons. The molecular formula is C14H21N5. The van der Waals surface area contributed by atoms with Gasteiger partial charge in [0.25, 0.3) is 0 Å². The molecule has 0 bridgehead atoms. The molecular weight excluding hydrogens is 238 g/mol. The van der Waals surface area contributed by atoms with E-state index in [1.807, 2.05) is 30.3 Å². The molecule has 0 saturated heterocycles. The number of aromatic nitrogens is 4. The predicted octanol–water partition coefficient (Wildman–Crippen LogP) is 2.19. The summed E-state index contributed by atoms with van der Waals surface area (Å²) in [6.07, 6.45) is 2.43. The van der Waals surface area contributed by atoms with Gasteiger partial charge in [-0.15, -0.1) is 5.10 Å². The van der Waals surface area contributed by atoms with Gasteiger partial charge in [-0.1, -0.05) is 32.0 Å². The van der Waals surface area contributed by atoms with E-state index in [0.717, 1.165) is 24.0 Å². The molecule has 2 rings (SSSR count). The molecule has 0 aliphatic rings. The summed E-state index contributed by atoms with van der Waals surface area (Å²) < 4.78 is 1.77. The first-order chi connectivity index (χ1) is 9.27. The van der Waals surface area contributed by atoms with E-state index in [4.69, 9.17) is 0 Å². The summed E-state index contributed by atoms with van der Waals surface area (Å²) >= 11 is 0. The van der Waals surface area contributed by atoms with E-state index in [2.05, 4.69) is 34.7 Å². The maximum absolute atomic E-state index is 4.06. The maximum Gasteiger partial charge on any atom is 0.170 e. The summed E-state index contributed by atoms with van der Waals surface area (Å²) in [4.78, 5) is 0. The Bertz CT molecular complexity index is 478. The van der Waals surface area contributed by atoms with Crippen molar-refractivity contribution in [3.8, 4) is 5.69 Å². The van der Waals surface area contributed by atoms with Gasteiger partial charge in [-0.3, -0.25) is 0 Å². The van der Waals surface area contributed by atoms with Gasteiger partial charge < -0.3 is 5.32 Å². The second-order valence-corrected chi connectivity index (χ2v) is 5.06. The first-order valence-corrected chi connectivity index (χ1v) is 6.81. The van der Waals surface area contributed by atoms with Crippen LogP contribution < -0.4 is 5.32 Å². The van der Waals surface area contributed by atoms with E-state index < -0.39 is 0 Å². The summed E-state index contributed by atoms with van der Waals surface area (Å²) in [5.41, 5.74) is 0.992. The molecule has 0 aliphatic carbocycles. The lowest BCUT2D eigenvalue weighted by Gasteiger charge is -2.07. The molecule has 0 spiro atoms. The van der Waals surface area contributed by atoms with Crippen molar-refractivity contribution >= 4 is 0 Å². The Kier molecular flexibility index (Phi) is 5.03. The highest BCUT2D eigenvalue weighted by atomic mass is 15.5. The second-order valence-electron chi connectivity index (χ2n) is 5.06. The van der Waals surface area contributed by atoms with E-state index >= 15 is 0 Å². The highest BCUT2D eigenvalue weighted by Gasteiger charge is 2.06. The third-order valence-electron chi connectivity index (χ3n) is 2.95. The maximum atomic E-state index is 4.06. The van der Waals surface area contributed by atoms with Crippen molar-refractivity contribution in [2.75, 3.05) is 6.54 Å². The fourth-order valence-corrected chi connectivity index (χ4v) is 1.92. The Morgan fingerprint density at radius 2 is 2.00 bits per heavy atom. The van der Waals surface area contributed by atoms with Crippen LogP contribution in [0.15, 0.2) is 30.3 Å². The number of hydrogen-bond donors (Lipinski definition) is 1. The summed E-state index contributed by atoms with van der Waals surface area (Å²) in [5.74, 6) is 1.60. The third-order valence-corrected chi connectivity index (χ3v) is 2.95. The number of rotatable bonds is 7. The molecule has 5 heteroatoms. The average Bonchev–Trinajstić information content (AvgIpc) is 2.87. The van der Waals surface area contributed by atoms with Crippen molar-refractivity contribution in [3.63, 3.8) is 0 Å². The number of hydrogen-bond acceptors (Lipinski definition) is 4. The van der Waals surface area contributed by atoms with Gasteiger partial charge in [-0.2, -0.15) is 4.68 Å². The molecule has 102 valence electrons. The topological polar surface area (TPSA) is 55.6 Å². The van der Waals surface area contributed by atoms with Gasteiger partial charge in [0.2, 0.25) is 0 Å². The first kappa shape index (κ1) is 13.7. The highest BCUT2D eigenvalue weighted by Crippen LogP contribution is 2.07. The summed E-state index contributed by atoms with van der Waals surface area (Å²) in [6, 6.07) is 9.95. The van der Waals surface area contributed by atoms with Crippen LogP contribution in [0.25, 0.3) is 5.69 Å². The summed E-state index contributed by atoms with van der Waals surface area (Å²) in [5, 5.41) is 15.2. The molecule has 19 heavy (non-hydrogen) atoms. The zero-order valence-corrected chi connectivity index (χ0v) is 11.6. The number of nitrogens with one attached hydrogen (secondary N) is 1. The molecule has 1 aromatic carbocycles. The third kappa shape index (κ3) is 4.13. The molecule has 2 aromatic rings. The molecule has 1 aromatic heterocycles. The fraction of sp³-hybridized carbons (Fsp3) is 0.500. The van der Waals surface area contributed by atoms with Crippen LogP contribution in [0.2, 0.25) is 0 Å². The highest BCUT2D eigenvalue weighted by molar-refractivity contribution is 5.30. The van der Waals surface area contributed by atoms with Crippen LogP contribution >= 0.6 is 0 Å². The average molecular weight is 259 g/mol. The van der Waals surface area contributed by atoms with E-state index in [1.165, 1.54) is 12.8 Å². The van der Waals surface area contributed by atoms with Crippen LogP contribution in [0, 0.1) is 5.92 Å². The molecule has 0 unspecified atom stereocenters. The molecule has 0 atom stereocenters. The van der Waals surface area contributed by atoms with Gasteiger partial charge in [0, 0.05) is 0 Å². The summed E-state index contributed by atoms with van der Waals surface area (Å²) in [6.45, 7) is 6.19. The van der Waals surface area contributed by atoms with Crippen LogP contribution in [-0.2, 0) is 6.54 Å². The van der Waals surface area contributed by atoms with Crippen molar-refractivity contribution < 1.29 is 0 Å². The zero-order chi connectivity index (χ0) is 13.5. The molecule has 0 fully saturated rings. The van der Waals surface area contributed by atoms with Crippen LogP contribution in [0.5, 0.6) is 0 Å². The fourth-order valence-electron chi connectivity index (χ4n) is 1.92. The lowest BCUT2D eigenvalue weighted by atomic mass is 10.1. The van der Waals surface area contributed by atoms with Gasteiger partial charge in [0.1, 0.15) is 0 Å². The van der Waals surface area contributed by atoms with Gasteiger partial charge in [0.15, 0.2) is 5.82 Å². The SMILES string of the molecule is CC(C)CCCNCc1nnnn1-c1ccccc1. The first-order valence-electron chi connectivity index (χ1n) is 6.81. The molecule has 1 heterocycles. The number of benzene rings is 1. The lowest BCUT2D eigenvalue weighted by molar-refractivity contribution is 0.521. The smallest absolute Gasteiger partial charge is 0.170 e. The van der Waals surface area contributed by atoms with Crippen molar-refractivity contribution in [1.29, 1.82) is 0 Å². The van der Waals surface area contributed by atoms with E-state index in [-0.39, 0.29) is 0 Å². The Morgan fingerprint density at radius 1 is 1.21 bits per heavy atom. The Balaban J connectivity index is 1.87. The van der Waals surface area contributed by atoms with Crippen LogP contribution in [0.1, 0.15) is 32.5 Å². The largest absolute Gasteiger partial charge is 0.310 e. The van der Waals surface area contributed by atoms with E-state index in [1.54, 1.807) is 4.68 Å². The molecule has 0 amide bonds. The zero-order valence-electron chi connectivity index (χ0n) is 11.6. The van der Waals surface area contributed by atoms with Crippen LogP contribution in [0.4, 0.5) is 0 Å². The van der Waals surface area contributed by atoms with Gasteiger partial charge in [0.05, 0.1) is 12.2 Å². The van der Waals surface area contributed by atoms with Gasteiger partial charge in [-0.05, 0) is 47.9 Å². The minimum Gasteiger partial charge on any atom is -0.310 e. The molecule has 0 aliphatic heterocycles. The van der Waals surface area contributed by atoms with Gasteiger partial charge in [-0.25, -0.2) is 0 Å². The minimum absolute atomic E-state index is 0.694. The normalized spacial score (nSPS) is 11.1. The predicted molar refractivity (Wildman–Crippen MR) is 74.9 cm³/mol. The van der Waals surface area contributed by atoms with Crippen molar-refractivity contribution in [2.24, 2.45) is 5.92 Å². The van der Waals surface area contributed by atoms with Gasteiger partial charge >= 0.3 is 0 Å². The monoisotopic (exact) mass is 259 g/mol. The number of tetrazole rings is 1. The van der Waals surface area contributed by atoms with Crippen molar-refractivity contribution in [3.05, 3.63) is 36.2 Å². The molecule has 5 nitrogen and oxygen atoms in total. The van der Waals surface area contributed by atoms with Crippen LogP contribution in [-0.4, -0.2) is 26.8 Å². The Labute approximate surface area is 114 Å². The number of para-hydroxylation sites is 1. The van der Waals surface area contributed by atoms with E-state index in [9.17, 15) is 0 Å². The summed E-state index contributed by atoms with van der Waals surface area (Å²) in [7, 11) is 0. The Morgan fingerprint density at radius 3 is 2.74 bits per heavy atom. The lowest BCUT2D eigenvalue weighted by Crippen LogP contribution is -2.18. The Hall–Kier alpha value is -1.75. The van der Waals surface area contributed by atoms with Crippen LogP contribution in [0.3, 0.4) is 0 Å². The quantitative estimate of drug-likeness (QED) is 0.774.